The summed E-state index contributed by atoms with van der Waals surface area (Å²) in [5.41, 5.74) is -5.45. The maximum Gasteiger partial charge on any atom is 0.418 e. The smallest absolute Gasteiger partial charge is 0.418 e. The van der Waals surface area contributed by atoms with Crippen LogP contribution < -0.4 is 26.1 Å². The summed E-state index contributed by atoms with van der Waals surface area (Å²) in [6.07, 6.45) is 15.9. The van der Waals surface area contributed by atoms with Crippen LogP contribution >= 0.6 is 11.6 Å². The number of ether oxygens (including phenoxy) is 3. The number of hydrogen-bond acceptors (Lipinski definition) is 19. The molecular formula is C68H76ClFN4O19S. The number of rotatable bonds is 33. The molecule has 2 aliphatic heterocycles. The number of hydrogen-bond donors (Lipinski definition) is 2. The molecule has 3 atom stereocenters. The third-order valence-corrected chi connectivity index (χ3v) is 17.1. The molecule has 94 heavy (non-hydrogen) atoms. The van der Waals surface area contributed by atoms with Gasteiger partial charge in [0.1, 0.15) is 33.9 Å². The molecule has 4 aromatic carbocycles. The Kier molecular flexibility index (Phi) is 25.9. The van der Waals surface area contributed by atoms with Gasteiger partial charge >= 0.3 is 39.5 Å². The van der Waals surface area contributed by atoms with Crippen molar-refractivity contribution in [3.63, 3.8) is 0 Å². The fourth-order valence-electron chi connectivity index (χ4n) is 10.4. The fraction of sp³-hybridized carbons (Fsp3) is 0.426. The minimum Gasteiger partial charge on any atom is -0.462 e. The van der Waals surface area contributed by atoms with E-state index in [1.807, 2.05) is 6.92 Å². The average molecular weight is 1340 g/mol. The van der Waals surface area contributed by atoms with Crippen LogP contribution in [-0.4, -0.2) is 108 Å². The summed E-state index contributed by atoms with van der Waals surface area (Å²) < 4.78 is 70.5. The molecule has 6 aromatic rings. The highest BCUT2D eigenvalue weighted by atomic mass is 35.5. The molecule has 4 heterocycles. The van der Waals surface area contributed by atoms with Gasteiger partial charge in [0.05, 0.1) is 34.3 Å². The van der Waals surface area contributed by atoms with Crippen molar-refractivity contribution in [2.75, 3.05) is 23.0 Å². The third-order valence-electron chi connectivity index (χ3n) is 15.5. The molecule has 2 fully saturated rings. The Labute approximate surface area is 547 Å². The van der Waals surface area contributed by atoms with Crippen LogP contribution in [0.15, 0.2) is 115 Å². The summed E-state index contributed by atoms with van der Waals surface area (Å²) in [4.78, 5) is 145. The number of amides is 6. The summed E-state index contributed by atoms with van der Waals surface area (Å²) in [6.45, 7) is 8.19. The predicted octanol–water partition coefficient (Wildman–Crippen LogP) is 12.8. The second-order valence-corrected chi connectivity index (χ2v) is 25.3. The van der Waals surface area contributed by atoms with Crippen LogP contribution in [0.4, 0.5) is 25.4 Å². The molecule has 0 bridgehead atoms. The van der Waals surface area contributed by atoms with Crippen LogP contribution in [0.3, 0.4) is 0 Å². The second kappa shape index (κ2) is 33.7. The first kappa shape index (κ1) is 72.3. The van der Waals surface area contributed by atoms with Gasteiger partial charge in [-0.15, -0.1) is 0 Å². The van der Waals surface area contributed by atoms with E-state index in [2.05, 4.69) is 17.6 Å². The van der Waals surface area contributed by atoms with Crippen LogP contribution in [0.5, 0.6) is 5.75 Å². The molecule has 3 unspecified atom stereocenters. The predicted molar refractivity (Wildman–Crippen MR) is 346 cm³/mol. The molecule has 0 saturated carbocycles. The van der Waals surface area contributed by atoms with Gasteiger partial charge in [0.15, 0.2) is 23.8 Å². The number of anilines is 2. The van der Waals surface area contributed by atoms with E-state index in [0.717, 1.165) is 56.4 Å². The van der Waals surface area contributed by atoms with E-state index in [9.17, 15) is 65.5 Å². The van der Waals surface area contributed by atoms with E-state index in [1.54, 1.807) is 30.3 Å². The van der Waals surface area contributed by atoms with Crippen molar-refractivity contribution in [2.24, 2.45) is 0 Å². The normalized spacial score (nSPS) is 15.0. The first-order chi connectivity index (χ1) is 44.9. The molecule has 8 rings (SSSR count). The summed E-state index contributed by atoms with van der Waals surface area (Å²) >= 11 is 6.33. The quantitative estimate of drug-likeness (QED) is 0.00735. The number of Topliss-reactive ketones (excluding diaryl/α,β-unsaturated/α-hetero) is 2. The number of unbranched alkanes of at least 4 members (excludes halogenated alkanes) is 16. The van der Waals surface area contributed by atoms with Gasteiger partial charge in [0.2, 0.25) is 11.6 Å². The number of carbonyl (C=O) groups is 9. The van der Waals surface area contributed by atoms with Gasteiger partial charge in [-0.2, -0.15) is 8.42 Å². The van der Waals surface area contributed by atoms with E-state index < -0.39 is 121 Å². The number of nitrogens with zero attached hydrogens (tertiary/aromatic N) is 2. The van der Waals surface area contributed by atoms with Crippen LogP contribution in [0, 0.1) is 5.82 Å². The molecule has 2 saturated heterocycles. The van der Waals surface area contributed by atoms with Crippen LogP contribution in [0.25, 0.3) is 21.9 Å². The summed E-state index contributed by atoms with van der Waals surface area (Å²) in [5.74, 6) is -9.35. The number of carbonyl (C=O) groups excluding carboxylic acids is 9. The number of fused-ring (bicyclic) bond motifs is 2. The van der Waals surface area contributed by atoms with E-state index in [1.165, 1.54) is 127 Å². The number of ketones is 2. The van der Waals surface area contributed by atoms with Crippen molar-refractivity contribution in [2.45, 2.75) is 174 Å². The lowest BCUT2D eigenvalue weighted by Crippen LogP contribution is -2.53. The molecule has 0 radical (unpaired) electrons. The molecule has 0 aliphatic carbocycles. The van der Waals surface area contributed by atoms with E-state index in [0.29, 0.717) is 34.9 Å². The highest BCUT2D eigenvalue weighted by Crippen LogP contribution is 2.31. The van der Waals surface area contributed by atoms with Gasteiger partial charge in [-0.25, -0.2) is 38.2 Å². The first-order valence-corrected chi connectivity index (χ1v) is 33.4. The zero-order chi connectivity index (χ0) is 68.3. The monoisotopic (exact) mass is 1340 g/mol. The maximum absolute atomic E-state index is 14.8. The molecule has 2 N–H and O–H groups in total. The van der Waals surface area contributed by atoms with Crippen molar-refractivity contribution < 1.29 is 83.2 Å². The van der Waals surface area contributed by atoms with E-state index >= 15 is 0 Å². The lowest BCUT2D eigenvalue weighted by Gasteiger charge is -2.23. The van der Waals surface area contributed by atoms with Crippen molar-refractivity contribution in [3.05, 3.63) is 145 Å². The Hall–Kier alpha value is -9.10. The van der Waals surface area contributed by atoms with Gasteiger partial charge < -0.3 is 37.9 Å². The minimum absolute atomic E-state index is 0.00647. The van der Waals surface area contributed by atoms with Crippen LogP contribution in [0.1, 0.15) is 181 Å². The van der Waals surface area contributed by atoms with Crippen LogP contribution in [-0.2, 0) is 43.5 Å². The molecule has 6 amide bonds. The van der Waals surface area contributed by atoms with E-state index in [-0.39, 0.29) is 50.4 Å². The van der Waals surface area contributed by atoms with Gasteiger partial charge in [-0.1, -0.05) is 165 Å². The average Bonchev–Trinajstić information content (AvgIpc) is 1.52. The first-order valence-electron chi connectivity index (χ1n) is 31.4. The van der Waals surface area contributed by atoms with Crippen molar-refractivity contribution in [1.29, 1.82) is 0 Å². The van der Waals surface area contributed by atoms with Crippen molar-refractivity contribution in [3.8, 4) is 5.75 Å². The Morgan fingerprint density at radius 1 is 0.606 bits per heavy atom. The molecule has 23 nitrogen and oxygen atoms in total. The molecule has 26 heteroatoms. The number of cyclic esters (lactones) is 2. The molecule has 2 aliphatic rings. The summed E-state index contributed by atoms with van der Waals surface area (Å²) in [7, 11) is -4.05. The van der Waals surface area contributed by atoms with Crippen molar-refractivity contribution in [1.82, 2.24) is 9.80 Å². The van der Waals surface area contributed by atoms with Crippen LogP contribution in [0.2, 0.25) is 5.02 Å². The largest absolute Gasteiger partial charge is 0.462 e. The second-order valence-electron chi connectivity index (χ2n) is 23.2. The van der Waals surface area contributed by atoms with Crippen molar-refractivity contribution >= 4 is 108 Å². The summed E-state index contributed by atoms with van der Waals surface area (Å²) in [6, 6.07) is 17.3. The molecule has 502 valence electrons. The number of para-hydroxylation sites is 2. The zero-order valence-corrected chi connectivity index (χ0v) is 54.5. The zero-order valence-electron chi connectivity index (χ0n) is 52.9. The van der Waals surface area contributed by atoms with Gasteiger partial charge in [0.25, 0.3) is 23.6 Å². The van der Waals surface area contributed by atoms with Gasteiger partial charge in [-0.05, 0) is 88.2 Å². The lowest BCUT2D eigenvalue weighted by atomic mass is 10.0. The Morgan fingerprint density at radius 3 is 1.60 bits per heavy atom. The highest BCUT2D eigenvalue weighted by molar-refractivity contribution is 7.87. The highest BCUT2D eigenvalue weighted by Gasteiger charge is 2.55. The molecule has 2 aromatic heterocycles. The Bertz CT molecular complexity index is 4040. The number of benzene rings is 4. The molecular weight excluding hydrogens is 1260 g/mol. The van der Waals surface area contributed by atoms with E-state index in [4.69, 9.17) is 38.8 Å². The Morgan fingerprint density at radius 2 is 1.10 bits per heavy atom. The number of imide groups is 2. The SMILES string of the molecule is CCCCCCCCCCCCCCCCOC(=O)c1ccc(Cl)c(NC(=O)C(C(=O)c2cc3ccccc3oc2=O)N2C(=O)OC(C)C2=O)c1.CCCCCCS(=O)(=O)Oc1ccc(F)c(NC(=O)C(C(=O)c2cc3ccccc3oc2=O)N2C(=O)OC(C)(C)C2=O)c1. The fourth-order valence-corrected chi connectivity index (χ4v) is 11.6. The molecule has 0 spiro atoms. The van der Waals surface area contributed by atoms with Gasteiger partial charge in [-0.3, -0.25) is 28.8 Å². The third kappa shape index (κ3) is 19.0. The maximum atomic E-state index is 14.8. The summed E-state index contributed by atoms with van der Waals surface area (Å²) in [5, 5.41) is 5.24. The standard InChI is InChI=1S/C39H47ClN2O9.C29H29FN2O10S/c1-3-4-5-6-7-8-9-10-11-12-13-14-15-18-23-49-37(46)28-21-22-30(40)31(25-28)41-35(44)33(42-36(45)26(2)50-39(42)48)34(43)29-24-27-19-16-17-20-32(27)51-38(29)47;1-4-5-6-9-14-43(38,39)42-18-12-13-20(30)21(16-18)31-25(34)23(32-27(36)29(2,3)41-28(32)37)24(33)19-15-17-10-7-8-11-22(17)40-26(19)35/h16-17,19-22,24-26,33H,3-15,18,23H2,1-2H3,(H,41,44);7-8,10-13,15-16,23H,4-6,9,14H2,1-3H3,(H,31,34). The number of esters is 1. The topological polar surface area (TPSA) is 316 Å². The minimum atomic E-state index is -4.05. The number of halogens is 2. The lowest BCUT2D eigenvalue weighted by molar-refractivity contribution is -0.137. The van der Waals surface area contributed by atoms with Gasteiger partial charge in [0, 0.05) is 16.8 Å². The number of nitrogens with one attached hydrogen (secondary N) is 2. The Balaban J connectivity index is 0.000000270.